The molecule has 0 amide bonds. The molecule has 0 unspecified atom stereocenters. The summed E-state index contributed by atoms with van der Waals surface area (Å²) in [6, 6.07) is 2.98. The molecule has 2 aromatic heterocycles. The number of nitrogens with zero attached hydrogens (tertiary/aromatic N) is 2. The zero-order valence-corrected chi connectivity index (χ0v) is 16.9. The van der Waals surface area contributed by atoms with E-state index in [9.17, 15) is 25.0 Å². The number of hydrogen-bond donors (Lipinski definition) is 0. The van der Waals surface area contributed by atoms with Gasteiger partial charge in [-0.2, -0.15) is 0 Å². The highest BCUT2D eigenvalue weighted by atomic mass is 79.9. The quantitative estimate of drug-likeness (QED) is 0.206. The smallest absolute Gasteiger partial charge is 0.298 e. The Kier molecular flexibility index (Phi) is 8.04. The summed E-state index contributed by atoms with van der Waals surface area (Å²) in [5.41, 5.74) is 0.451. The van der Waals surface area contributed by atoms with Crippen molar-refractivity contribution in [3.63, 3.8) is 0 Å². The molecule has 0 spiro atoms. The molecule has 0 radical (unpaired) electrons. The second-order valence-corrected chi connectivity index (χ2v) is 9.47. The number of aldehydes is 1. The van der Waals surface area contributed by atoms with Crippen LogP contribution in [0.5, 0.6) is 0 Å². The van der Waals surface area contributed by atoms with Crippen molar-refractivity contribution in [3.8, 4) is 0 Å². The lowest BCUT2D eigenvalue weighted by molar-refractivity contribution is -0.380. The molecule has 0 N–H and O–H groups in total. The lowest BCUT2D eigenvalue weighted by Crippen LogP contribution is -1.88. The van der Waals surface area contributed by atoms with Gasteiger partial charge in [-0.1, -0.05) is 45.9 Å². The second-order valence-electron chi connectivity index (χ2n) is 3.55. The van der Waals surface area contributed by atoms with E-state index in [0.717, 1.165) is 22.7 Å². The molecule has 13 heteroatoms. The van der Waals surface area contributed by atoms with Crippen molar-refractivity contribution in [2.24, 2.45) is 0 Å². The third-order valence-corrected chi connectivity index (χ3v) is 5.80. The Morgan fingerprint density at radius 2 is 1.52 bits per heavy atom. The van der Waals surface area contributed by atoms with Gasteiger partial charge in [-0.25, -0.2) is 0 Å². The van der Waals surface area contributed by atoms with E-state index in [1.54, 1.807) is 6.07 Å². The number of nitro groups is 2. The van der Waals surface area contributed by atoms with Crippen LogP contribution in [0.25, 0.3) is 0 Å². The normalized spacial score (nSPS) is 10.1. The Morgan fingerprint density at radius 3 is 1.87 bits per heavy atom. The van der Waals surface area contributed by atoms with Crippen LogP contribution in [-0.4, -0.2) is 16.1 Å². The van der Waals surface area contributed by atoms with E-state index in [0.29, 0.717) is 19.4 Å². The molecular weight excluding hydrogens is 523 g/mol. The fourth-order valence-electron chi connectivity index (χ4n) is 1.26. The molecule has 0 saturated carbocycles. The van der Waals surface area contributed by atoms with E-state index in [4.69, 9.17) is 23.2 Å². The van der Waals surface area contributed by atoms with Crippen molar-refractivity contribution >= 4 is 94.0 Å². The fraction of sp³-hybridized carbons (Fsp3) is 0.100. The van der Waals surface area contributed by atoms with Crippen LogP contribution < -0.4 is 0 Å². The monoisotopic (exact) mass is 524 g/mol. The van der Waals surface area contributed by atoms with Crippen LogP contribution in [-0.2, 0) is 0 Å². The van der Waals surface area contributed by atoms with Gasteiger partial charge in [0.25, 0.3) is 0 Å². The SMILES string of the molecule is O=Cc1cc(Br)sc1[N+](=O)[O-].O=[N+]([O-])c1sc(Br)cc1C(Cl)Cl. The van der Waals surface area contributed by atoms with Crippen molar-refractivity contribution in [1.82, 2.24) is 0 Å². The molecule has 2 heterocycles. The molecule has 0 saturated heterocycles. The third kappa shape index (κ3) is 5.76. The van der Waals surface area contributed by atoms with Crippen LogP contribution in [0.2, 0.25) is 0 Å². The Hall–Kier alpha value is -0.590. The number of carbonyl (C=O) groups excluding carboxylic acids is 1. The van der Waals surface area contributed by atoms with Crippen LogP contribution in [0, 0.1) is 20.2 Å². The Bertz CT molecular complexity index is 750. The molecule has 0 atom stereocenters. The zero-order valence-electron chi connectivity index (χ0n) is 10.6. The lowest BCUT2D eigenvalue weighted by Gasteiger charge is -1.94. The van der Waals surface area contributed by atoms with Gasteiger partial charge in [0, 0.05) is 0 Å². The summed E-state index contributed by atoms with van der Waals surface area (Å²) in [4.78, 5) is 29.0. The first-order valence-corrected chi connectivity index (χ1v) is 9.37. The molecule has 0 fully saturated rings. The Morgan fingerprint density at radius 1 is 1.04 bits per heavy atom. The highest BCUT2D eigenvalue weighted by molar-refractivity contribution is 9.11. The highest BCUT2D eigenvalue weighted by Crippen LogP contribution is 2.41. The number of rotatable bonds is 4. The summed E-state index contributed by atoms with van der Waals surface area (Å²) in [7, 11) is 0. The minimum absolute atomic E-state index is 0.0168. The molecule has 7 nitrogen and oxygen atoms in total. The van der Waals surface area contributed by atoms with Crippen molar-refractivity contribution in [2.75, 3.05) is 0 Å². The number of carbonyl (C=O) groups is 1. The first kappa shape index (κ1) is 20.5. The molecule has 2 aromatic rings. The van der Waals surface area contributed by atoms with Gasteiger partial charge < -0.3 is 0 Å². The van der Waals surface area contributed by atoms with Crippen LogP contribution in [0.4, 0.5) is 10.0 Å². The fourth-order valence-corrected chi connectivity index (χ4v) is 4.54. The van der Waals surface area contributed by atoms with E-state index >= 15 is 0 Å². The van der Waals surface area contributed by atoms with Gasteiger partial charge in [0.2, 0.25) is 0 Å². The predicted molar refractivity (Wildman–Crippen MR) is 97.2 cm³/mol. The summed E-state index contributed by atoms with van der Waals surface area (Å²) in [5, 5.41) is 20.5. The van der Waals surface area contributed by atoms with E-state index in [-0.39, 0.29) is 15.6 Å². The summed E-state index contributed by atoms with van der Waals surface area (Å²) >= 11 is 19.1. The van der Waals surface area contributed by atoms with Crippen LogP contribution in [0.1, 0.15) is 20.8 Å². The standard InChI is InChI=1S/C5H2BrCl2NO2S.C5H2BrNO3S/c6-3-1-2(4(7)8)5(12-3)9(10)11;6-4-1-3(2-8)5(11-4)7(9)10/h1,4H;1-2H. The van der Waals surface area contributed by atoms with E-state index in [2.05, 4.69) is 31.9 Å². The lowest BCUT2D eigenvalue weighted by atomic mass is 10.4. The average molecular weight is 527 g/mol. The number of hydrogen-bond acceptors (Lipinski definition) is 7. The van der Waals surface area contributed by atoms with Crippen molar-refractivity contribution in [1.29, 1.82) is 0 Å². The van der Waals surface area contributed by atoms with Gasteiger partial charge >= 0.3 is 10.0 Å². The second kappa shape index (κ2) is 9.04. The molecule has 0 aliphatic rings. The van der Waals surface area contributed by atoms with Gasteiger partial charge in [0.05, 0.1) is 23.0 Å². The van der Waals surface area contributed by atoms with Crippen molar-refractivity contribution < 1.29 is 14.6 Å². The van der Waals surface area contributed by atoms with Crippen LogP contribution in [0.3, 0.4) is 0 Å². The molecule has 23 heavy (non-hydrogen) atoms. The Labute approximate surface area is 163 Å². The van der Waals surface area contributed by atoms with Crippen LogP contribution in [0.15, 0.2) is 19.7 Å². The summed E-state index contributed by atoms with van der Waals surface area (Å²) < 4.78 is 1.24. The van der Waals surface area contributed by atoms with E-state index in [1.807, 2.05) is 0 Å². The first-order valence-electron chi connectivity index (χ1n) is 5.28. The molecule has 0 bridgehead atoms. The van der Waals surface area contributed by atoms with Crippen molar-refractivity contribution in [2.45, 2.75) is 4.84 Å². The number of halogens is 4. The van der Waals surface area contributed by atoms with Gasteiger partial charge in [-0.05, 0) is 44.0 Å². The summed E-state index contributed by atoms with van der Waals surface area (Å²) in [6.07, 6.45) is 0.472. The summed E-state index contributed by atoms with van der Waals surface area (Å²) in [6.45, 7) is 0. The maximum absolute atomic E-state index is 10.4. The number of thiophene rings is 2. The molecule has 0 aliphatic carbocycles. The third-order valence-electron chi connectivity index (χ3n) is 2.11. The predicted octanol–water partition coefficient (Wildman–Crippen LogP) is 6.13. The zero-order chi connectivity index (χ0) is 17.7. The van der Waals surface area contributed by atoms with E-state index < -0.39 is 14.7 Å². The Balaban J connectivity index is 0.000000231. The van der Waals surface area contributed by atoms with Crippen LogP contribution >= 0.6 is 77.7 Å². The first-order chi connectivity index (χ1) is 10.7. The van der Waals surface area contributed by atoms with Gasteiger partial charge in [-0.15, -0.1) is 0 Å². The minimum atomic E-state index is -0.854. The maximum atomic E-state index is 10.4. The average Bonchev–Trinajstić information content (AvgIpc) is 3.02. The molecule has 124 valence electrons. The number of alkyl halides is 2. The van der Waals surface area contributed by atoms with Gasteiger partial charge in [0.15, 0.2) is 6.29 Å². The van der Waals surface area contributed by atoms with Gasteiger partial charge in [0.1, 0.15) is 10.4 Å². The summed E-state index contributed by atoms with van der Waals surface area (Å²) in [5.74, 6) is 0. The maximum Gasteiger partial charge on any atom is 0.335 e. The molecule has 0 aromatic carbocycles. The molecule has 0 aliphatic heterocycles. The van der Waals surface area contributed by atoms with Gasteiger partial charge in [-0.3, -0.25) is 25.0 Å². The molecular formula is C10H4Br2Cl2N2O5S2. The largest absolute Gasteiger partial charge is 0.335 e. The topological polar surface area (TPSA) is 103 Å². The van der Waals surface area contributed by atoms with Crippen molar-refractivity contribution in [3.05, 3.63) is 51.1 Å². The minimum Gasteiger partial charge on any atom is -0.298 e. The molecule has 2 rings (SSSR count). The van der Waals surface area contributed by atoms with E-state index in [1.165, 1.54) is 6.07 Å². The highest BCUT2D eigenvalue weighted by Gasteiger charge is 2.22.